The molecule has 0 aliphatic rings. The van der Waals surface area contributed by atoms with Gasteiger partial charge >= 0.3 is 6.18 Å². The van der Waals surface area contributed by atoms with E-state index in [4.69, 9.17) is 0 Å². The van der Waals surface area contributed by atoms with Gasteiger partial charge in [-0.3, -0.25) is 0 Å². The van der Waals surface area contributed by atoms with Crippen molar-refractivity contribution in [3.8, 4) is 16.8 Å². The topological polar surface area (TPSA) is 89.9 Å². The molecule has 0 unspecified atom stereocenters. The molecule has 1 aromatic carbocycles. The first-order valence-corrected chi connectivity index (χ1v) is 11.0. The number of aliphatic imine (C=N–C) groups is 1. The maximum Gasteiger partial charge on any atom is 0.451 e. The van der Waals surface area contributed by atoms with Crippen molar-refractivity contribution in [1.29, 1.82) is 0 Å². The number of alkyl halides is 3. The van der Waals surface area contributed by atoms with Crippen molar-refractivity contribution in [2.24, 2.45) is 4.99 Å². The Morgan fingerprint density at radius 2 is 1.76 bits per heavy atom. The first kappa shape index (κ1) is 24.9. The third-order valence-electron chi connectivity index (χ3n) is 5.41. The largest absolute Gasteiger partial charge is 0.451 e. The molecule has 0 N–H and O–H groups in total. The number of nitrogens with zero attached hydrogens (tertiary/aromatic N) is 9. The fourth-order valence-corrected chi connectivity index (χ4v) is 3.77. The molecule has 38 heavy (non-hydrogen) atoms. The zero-order valence-electron chi connectivity index (χ0n) is 19.9. The molecule has 5 aromatic rings. The number of halogens is 5. The summed E-state index contributed by atoms with van der Waals surface area (Å²) < 4.78 is 69.6. The molecule has 0 aliphatic carbocycles. The van der Waals surface area contributed by atoms with E-state index < -0.39 is 23.6 Å². The lowest BCUT2D eigenvalue weighted by Crippen LogP contribution is -2.10. The van der Waals surface area contributed by atoms with Crippen LogP contribution in [0.3, 0.4) is 0 Å². The molecule has 5 rings (SSSR count). The van der Waals surface area contributed by atoms with E-state index in [0.717, 1.165) is 24.5 Å². The van der Waals surface area contributed by atoms with Gasteiger partial charge in [-0.25, -0.2) is 38.4 Å². The van der Waals surface area contributed by atoms with Crippen LogP contribution >= 0.6 is 0 Å². The van der Waals surface area contributed by atoms with Crippen molar-refractivity contribution >= 4 is 23.2 Å². The lowest BCUT2D eigenvalue weighted by Gasteiger charge is -2.06. The van der Waals surface area contributed by atoms with Gasteiger partial charge in [-0.1, -0.05) is 0 Å². The van der Waals surface area contributed by atoms with Gasteiger partial charge in [0.1, 0.15) is 23.5 Å². The van der Waals surface area contributed by atoms with Crippen LogP contribution in [0.25, 0.3) is 27.8 Å². The number of benzene rings is 1. The fourth-order valence-electron chi connectivity index (χ4n) is 3.77. The molecule has 0 bridgehead atoms. The first-order valence-electron chi connectivity index (χ1n) is 11.0. The van der Waals surface area contributed by atoms with E-state index in [1.54, 1.807) is 36.0 Å². The first-order chi connectivity index (χ1) is 18.1. The molecule has 0 spiro atoms. The molecule has 0 atom stereocenters. The van der Waals surface area contributed by atoms with Crippen molar-refractivity contribution in [2.45, 2.75) is 12.7 Å². The van der Waals surface area contributed by atoms with Crippen LogP contribution in [0.1, 0.15) is 11.4 Å². The maximum absolute atomic E-state index is 14.2. The van der Waals surface area contributed by atoms with Gasteiger partial charge in [-0.15, -0.1) is 0 Å². The van der Waals surface area contributed by atoms with Gasteiger partial charge in [-0.2, -0.15) is 18.3 Å². The van der Waals surface area contributed by atoms with Crippen LogP contribution < -0.4 is 0 Å². The molecule has 4 aromatic heterocycles. The van der Waals surface area contributed by atoms with Gasteiger partial charge in [0.15, 0.2) is 11.6 Å². The van der Waals surface area contributed by atoms with Crippen molar-refractivity contribution in [3.05, 3.63) is 78.5 Å². The molecule has 0 saturated heterocycles. The highest BCUT2D eigenvalue weighted by atomic mass is 19.4. The Kier molecular flexibility index (Phi) is 6.30. The van der Waals surface area contributed by atoms with Crippen molar-refractivity contribution in [2.75, 3.05) is 14.1 Å². The Balaban J connectivity index is 1.59. The summed E-state index contributed by atoms with van der Waals surface area (Å²) in [4.78, 5) is 21.7. The summed E-state index contributed by atoms with van der Waals surface area (Å²) in [5.74, 6) is -2.44. The standard InChI is InChI=1S/C24H18F5N9/c1-36(2)13-34-21-20-17(15-7-30-23(31-8-15)24(27,28)29)11-37(22(20)33-12-32-21)9-14-6-35-38(10-14)19-4-3-16(25)5-18(19)26/h3-8,10-13H,9H2,1-2H3. The van der Waals surface area contributed by atoms with Crippen LogP contribution in [0, 0.1) is 11.6 Å². The molecule has 9 nitrogen and oxygen atoms in total. The fraction of sp³-hybridized carbons (Fsp3) is 0.167. The van der Waals surface area contributed by atoms with Gasteiger partial charge in [0.05, 0.1) is 24.5 Å². The summed E-state index contributed by atoms with van der Waals surface area (Å²) in [7, 11) is 3.55. The lowest BCUT2D eigenvalue weighted by molar-refractivity contribution is -0.144. The maximum atomic E-state index is 14.2. The SMILES string of the molecule is CN(C)C=Nc1ncnc2c1c(-c1cnc(C(F)(F)F)nc1)cn2Cc1cnn(-c2ccc(F)cc2F)c1. The van der Waals surface area contributed by atoms with E-state index in [0.29, 0.717) is 33.5 Å². The third kappa shape index (κ3) is 4.92. The average Bonchev–Trinajstić information content (AvgIpc) is 3.48. The predicted molar refractivity (Wildman–Crippen MR) is 128 cm³/mol. The lowest BCUT2D eigenvalue weighted by atomic mass is 10.1. The Labute approximate surface area is 211 Å². The third-order valence-corrected chi connectivity index (χ3v) is 5.41. The van der Waals surface area contributed by atoms with Crippen LogP contribution in [0.15, 0.2) is 60.5 Å². The van der Waals surface area contributed by atoms with E-state index in [1.807, 2.05) is 0 Å². The zero-order valence-corrected chi connectivity index (χ0v) is 19.9. The Bertz CT molecular complexity index is 1640. The van der Waals surface area contributed by atoms with E-state index in [9.17, 15) is 22.0 Å². The highest BCUT2D eigenvalue weighted by molar-refractivity contribution is 6.00. The molecular formula is C24H18F5N9. The summed E-state index contributed by atoms with van der Waals surface area (Å²) in [6.45, 7) is 0.217. The van der Waals surface area contributed by atoms with Crippen LogP contribution in [0.4, 0.5) is 27.8 Å². The van der Waals surface area contributed by atoms with Gasteiger partial charge < -0.3 is 9.47 Å². The summed E-state index contributed by atoms with van der Waals surface area (Å²) in [5, 5.41) is 4.65. The second-order valence-corrected chi connectivity index (χ2v) is 8.46. The van der Waals surface area contributed by atoms with E-state index in [1.165, 1.54) is 29.6 Å². The summed E-state index contributed by atoms with van der Waals surface area (Å²) in [5.41, 5.74) is 1.94. The molecule has 0 amide bonds. The number of aromatic nitrogens is 7. The Hall–Kier alpha value is -4.75. The summed E-state index contributed by atoms with van der Waals surface area (Å²) >= 11 is 0. The molecule has 14 heteroatoms. The van der Waals surface area contributed by atoms with Gasteiger partial charge in [-0.05, 0) is 12.1 Å². The number of hydrogen-bond donors (Lipinski definition) is 0. The molecule has 0 saturated carbocycles. The summed E-state index contributed by atoms with van der Waals surface area (Å²) in [6, 6.07) is 3.17. The molecule has 0 fully saturated rings. The van der Waals surface area contributed by atoms with Crippen molar-refractivity contribution < 1.29 is 22.0 Å². The number of rotatable bonds is 6. The second-order valence-electron chi connectivity index (χ2n) is 8.46. The molecular weight excluding hydrogens is 509 g/mol. The normalized spacial score (nSPS) is 12.1. The van der Waals surface area contributed by atoms with E-state index in [2.05, 4.69) is 30.0 Å². The second kappa shape index (κ2) is 9.61. The highest BCUT2D eigenvalue weighted by Gasteiger charge is 2.34. The quantitative estimate of drug-likeness (QED) is 0.182. The predicted octanol–water partition coefficient (Wildman–Crippen LogP) is 4.64. The number of hydrogen-bond acceptors (Lipinski definition) is 6. The van der Waals surface area contributed by atoms with Crippen LogP contribution in [0.5, 0.6) is 0 Å². The Morgan fingerprint density at radius 1 is 1.00 bits per heavy atom. The molecule has 0 radical (unpaired) electrons. The minimum atomic E-state index is -4.68. The van der Waals surface area contributed by atoms with Crippen LogP contribution in [0.2, 0.25) is 0 Å². The molecule has 0 aliphatic heterocycles. The zero-order chi connectivity index (χ0) is 27.0. The van der Waals surface area contributed by atoms with Gasteiger partial charge in [0.25, 0.3) is 0 Å². The minimum Gasteiger partial charge on any atom is -0.369 e. The monoisotopic (exact) mass is 527 g/mol. The highest BCUT2D eigenvalue weighted by Crippen LogP contribution is 2.35. The van der Waals surface area contributed by atoms with Crippen molar-refractivity contribution in [3.63, 3.8) is 0 Å². The van der Waals surface area contributed by atoms with E-state index in [-0.39, 0.29) is 12.2 Å². The van der Waals surface area contributed by atoms with E-state index >= 15 is 0 Å². The van der Waals surface area contributed by atoms with Crippen molar-refractivity contribution in [1.82, 2.24) is 39.2 Å². The van der Waals surface area contributed by atoms with Gasteiger partial charge in [0, 0.05) is 61.6 Å². The molecule has 194 valence electrons. The van der Waals surface area contributed by atoms with Gasteiger partial charge in [0.2, 0.25) is 5.82 Å². The molecule has 4 heterocycles. The average molecular weight is 527 g/mol. The number of fused-ring (bicyclic) bond motifs is 1. The van der Waals surface area contributed by atoms with Crippen LogP contribution in [-0.4, -0.2) is 59.6 Å². The smallest absolute Gasteiger partial charge is 0.369 e. The Morgan fingerprint density at radius 3 is 2.45 bits per heavy atom. The summed E-state index contributed by atoms with van der Waals surface area (Å²) in [6.07, 6.45) is 5.11. The minimum absolute atomic E-state index is 0.0697. The van der Waals surface area contributed by atoms with Crippen LogP contribution in [-0.2, 0) is 12.7 Å².